The van der Waals surface area contributed by atoms with Gasteiger partial charge in [0, 0.05) is 12.5 Å². The molecule has 0 N–H and O–H groups in total. The Labute approximate surface area is 152 Å². The average molecular weight is 367 g/mol. The summed E-state index contributed by atoms with van der Waals surface area (Å²) < 4.78 is 5.89. The minimum Gasteiger partial charge on any atom is -0.438 e. The highest BCUT2D eigenvalue weighted by atomic mass is 32.1. The van der Waals surface area contributed by atoms with Crippen molar-refractivity contribution in [2.75, 3.05) is 0 Å². The Balaban J connectivity index is 1.61. The summed E-state index contributed by atoms with van der Waals surface area (Å²) in [5.41, 5.74) is 1.73. The van der Waals surface area contributed by atoms with E-state index in [0.717, 1.165) is 26.5 Å². The first-order valence-electron chi connectivity index (χ1n) is 7.56. The maximum Gasteiger partial charge on any atom is 0.231 e. The number of nitrogens with zero attached hydrogens (tertiary/aromatic N) is 3. The van der Waals surface area contributed by atoms with Crippen molar-refractivity contribution < 1.29 is 9.53 Å². The van der Waals surface area contributed by atoms with Crippen molar-refractivity contribution in [1.82, 2.24) is 15.0 Å². The number of carbonyl (C=O) groups is 1. The second-order valence-electron chi connectivity index (χ2n) is 5.43. The van der Waals surface area contributed by atoms with Crippen LogP contribution in [-0.2, 0) is 0 Å². The van der Waals surface area contributed by atoms with Crippen LogP contribution in [0, 0.1) is 6.92 Å². The molecule has 1 aromatic carbocycles. The van der Waals surface area contributed by atoms with Crippen LogP contribution in [0.25, 0.3) is 20.8 Å². The van der Waals surface area contributed by atoms with Crippen LogP contribution in [0.5, 0.6) is 11.6 Å². The molecule has 4 rings (SSSR count). The van der Waals surface area contributed by atoms with Gasteiger partial charge in [0.05, 0.1) is 16.0 Å². The predicted octanol–water partition coefficient (Wildman–Crippen LogP) is 5.12. The molecule has 3 heterocycles. The van der Waals surface area contributed by atoms with Gasteiger partial charge in [-0.2, -0.15) is 0 Å². The van der Waals surface area contributed by atoms with Gasteiger partial charge < -0.3 is 4.74 Å². The number of Topliss-reactive ketones (excluding diaryl/α,β-unsaturated/α-hetero) is 1. The molecule has 0 aliphatic heterocycles. The van der Waals surface area contributed by atoms with Crippen LogP contribution in [0.3, 0.4) is 0 Å². The lowest BCUT2D eigenvalue weighted by Gasteiger charge is -2.06. The SMILES string of the molecule is CC(=O)c1sc(-c2ccc(Oc3ncnc4sccc34)cc2)nc1C. The van der Waals surface area contributed by atoms with Gasteiger partial charge in [0.1, 0.15) is 21.9 Å². The molecule has 25 heavy (non-hydrogen) atoms. The van der Waals surface area contributed by atoms with Gasteiger partial charge in [0.15, 0.2) is 5.78 Å². The molecule has 0 bridgehead atoms. The molecular weight excluding hydrogens is 354 g/mol. The Hall–Kier alpha value is -2.64. The van der Waals surface area contributed by atoms with E-state index in [1.54, 1.807) is 18.3 Å². The third kappa shape index (κ3) is 3.04. The van der Waals surface area contributed by atoms with Crippen LogP contribution in [-0.4, -0.2) is 20.7 Å². The van der Waals surface area contributed by atoms with Gasteiger partial charge in [0.2, 0.25) is 5.88 Å². The summed E-state index contributed by atoms with van der Waals surface area (Å²) in [6.45, 7) is 3.42. The van der Waals surface area contributed by atoms with Crippen LogP contribution >= 0.6 is 22.7 Å². The molecule has 7 heteroatoms. The number of carbonyl (C=O) groups excluding carboxylic acids is 1. The Morgan fingerprint density at radius 3 is 2.64 bits per heavy atom. The largest absolute Gasteiger partial charge is 0.438 e. The second kappa shape index (κ2) is 6.34. The Morgan fingerprint density at radius 1 is 1.12 bits per heavy atom. The van der Waals surface area contributed by atoms with E-state index in [-0.39, 0.29) is 5.78 Å². The van der Waals surface area contributed by atoms with Crippen molar-refractivity contribution in [3.63, 3.8) is 0 Å². The summed E-state index contributed by atoms with van der Waals surface area (Å²) in [5, 5.41) is 3.70. The summed E-state index contributed by atoms with van der Waals surface area (Å²) in [4.78, 5) is 26.1. The molecule has 0 amide bonds. The molecular formula is C18H13N3O2S2. The van der Waals surface area contributed by atoms with E-state index >= 15 is 0 Å². The first kappa shape index (κ1) is 15.9. The van der Waals surface area contributed by atoms with E-state index in [0.29, 0.717) is 16.5 Å². The van der Waals surface area contributed by atoms with E-state index < -0.39 is 0 Å². The summed E-state index contributed by atoms with van der Waals surface area (Å²) in [6, 6.07) is 9.57. The number of aryl methyl sites for hydroxylation is 1. The van der Waals surface area contributed by atoms with Gasteiger partial charge in [-0.15, -0.1) is 22.7 Å². The van der Waals surface area contributed by atoms with Crippen molar-refractivity contribution in [2.24, 2.45) is 0 Å². The summed E-state index contributed by atoms with van der Waals surface area (Å²) in [5.74, 6) is 1.28. The van der Waals surface area contributed by atoms with E-state index in [9.17, 15) is 4.79 Å². The van der Waals surface area contributed by atoms with Crippen LogP contribution < -0.4 is 4.74 Å². The molecule has 3 aromatic heterocycles. The number of ketones is 1. The lowest BCUT2D eigenvalue weighted by molar-refractivity contribution is 0.102. The lowest BCUT2D eigenvalue weighted by atomic mass is 10.2. The number of aromatic nitrogens is 3. The topological polar surface area (TPSA) is 65.0 Å². The van der Waals surface area contributed by atoms with Gasteiger partial charge in [-0.25, -0.2) is 15.0 Å². The van der Waals surface area contributed by atoms with E-state index in [1.165, 1.54) is 17.7 Å². The van der Waals surface area contributed by atoms with Crippen LogP contribution in [0.15, 0.2) is 42.0 Å². The predicted molar refractivity (Wildman–Crippen MR) is 99.8 cm³/mol. The molecule has 0 aliphatic rings. The van der Waals surface area contributed by atoms with Crippen LogP contribution in [0.2, 0.25) is 0 Å². The highest BCUT2D eigenvalue weighted by Crippen LogP contribution is 2.32. The summed E-state index contributed by atoms with van der Waals surface area (Å²) in [7, 11) is 0. The minimum atomic E-state index is 0.0461. The lowest BCUT2D eigenvalue weighted by Crippen LogP contribution is -1.89. The zero-order valence-corrected chi connectivity index (χ0v) is 15.1. The molecule has 0 saturated heterocycles. The standard InChI is InChI=1S/C18H13N3O2S2/c1-10-15(11(2)22)25-17(21-10)12-3-5-13(6-4-12)23-16-14-7-8-24-18(14)20-9-19-16/h3-9H,1-2H3. The third-order valence-electron chi connectivity index (χ3n) is 3.66. The van der Waals surface area contributed by atoms with Crippen LogP contribution in [0.4, 0.5) is 0 Å². The number of rotatable bonds is 4. The van der Waals surface area contributed by atoms with E-state index in [1.807, 2.05) is 42.6 Å². The monoisotopic (exact) mass is 367 g/mol. The molecule has 5 nitrogen and oxygen atoms in total. The highest BCUT2D eigenvalue weighted by molar-refractivity contribution is 7.17. The molecule has 0 radical (unpaired) electrons. The number of hydrogen-bond donors (Lipinski definition) is 0. The second-order valence-corrected chi connectivity index (χ2v) is 7.33. The maximum absolute atomic E-state index is 11.6. The number of thiophene rings is 1. The van der Waals surface area contributed by atoms with Crippen molar-refractivity contribution in [1.29, 1.82) is 0 Å². The zero-order chi connectivity index (χ0) is 17.4. The fraction of sp³-hybridized carbons (Fsp3) is 0.111. The molecule has 0 unspecified atom stereocenters. The van der Waals surface area contributed by atoms with Crippen LogP contribution in [0.1, 0.15) is 22.3 Å². The first-order valence-corrected chi connectivity index (χ1v) is 9.26. The Morgan fingerprint density at radius 2 is 1.92 bits per heavy atom. The fourth-order valence-corrected chi connectivity index (χ4v) is 4.16. The third-order valence-corrected chi connectivity index (χ3v) is 5.79. The van der Waals surface area contributed by atoms with Gasteiger partial charge in [-0.1, -0.05) is 0 Å². The van der Waals surface area contributed by atoms with Gasteiger partial charge in [0.25, 0.3) is 0 Å². The first-order chi connectivity index (χ1) is 12.1. The molecule has 0 spiro atoms. The highest BCUT2D eigenvalue weighted by Gasteiger charge is 2.13. The quantitative estimate of drug-likeness (QED) is 0.469. The summed E-state index contributed by atoms with van der Waals surface area (Å²) in [6.07, 6.45) is 1.50. The van der Waals surface area contributed by atoms with Gasteiger partial charge in [-0.05, 0) is 42.6 Å². The summed E-state index contributed by atoms with van der Waals surface area (Å²) >= 11 is 2.97. The fourth-order valence-electron chi connectivity index (χ4n) is 2.47. The zero-order valence-electron chi connectivity index (χ0n) is 13.5. The average Bonchev–Trinajstić information content (AvgIpc) is 3.22. The number of benzene rings is 1. The molecule has 4 aromatic rings. The molecule has 0 aliphatic carbocycles. The number of thiazole rings is 1. The number of ether oxygens (including phenoxy) is 1. The molecule has 0 fully saturated rings. The maximum atomic E-state index is 11.6. The number of fused-ring (bicyclic) bond motifs is 1. The van der Waals surface area contributed by atoms with Crippen molar-refractivity contribution in [3.8, 4) is 22.2 Å². The normalized spacial score (nSPS) is 11.0. The molecule has 0 saturated carbocycles. The van der Waals surface area contributed by atoms with Crippen molar-refractivity contribution in [3.05, 3.63) is 52.6 Å². The molecule has 0 atom stereocenters. The van der Waals surface area contributed by atoms with Crippen molar-refractivity contribution in [2.45, 2.75) is 13.8 Å². The minimum absolute atomic E-state index is 0.0461. The molecule has 124 valence electrons. The Kier molecular flexibility index (Phi) is 4.03. The number of hydrogen-bond acceptors (Lipinski definition) is 7. The van der Waals surface area contributed by atoms with E-state index in [2.05, 4.69) is 15.0 Å². The smallest absolute Gasteiger partial charge is 0.231 e. The van der Waals surface area contributed by atoms with Gasteiger partial charge in [-0.3, -0.25) is 4.79 Å². The van der Waals surface area contributed by atoms with E-state index in [4.69, 9.17) is 4.74 Å². The van der Waals surface area contributed by atoms with Gasteiger partial charge >= 0.3 is 0 Å². The van der Waals surface area contributed by atoms with Crippen molar-refractivity contribution >= 4 is 38.7 Å². The Bertz CT molecular complexity index is 1070.